The Morgan fingerprint density at radius 1 is 1.25 bits per heavy atom. The van der Waals surface area contributed by atoms with Gasteiger partial charge in [0.25, 0.3) is 0 Å². The number of hydrogen-bond acceptors (Lipinski definition) is 3. The highest BCUT2D eigenvalue weighted by Gasteiger charge is 2.43. The smallest absolute Gasteiger partial charge is 0.232 e. The maximum absolute atomic E-state index is 12.7. The van der Waals surface area contributed by atoms with Gasteiger partial charge in [-0.2, -0.15) is 5.26 Å². The summed E-state index contributed by atoms with van der Waals surface area (Å²) in [4.78, 5) is 14.3. The molecule has 0 bridgehead atoms. The third kappa shape index (κ3) is 2.41. The summed E-state index contributed by atoms with van der Waals surface area (Å²) in [5.41, 5.74) is 1.16. The molecule has 4 atom stereocenters. The monoisotopic (exact) mass is 272 g/mol. The molecular weight excluding hydrogens is 252 g/mol. The number of para-hydroxylation sites is 1. The number of nitrogens with zero attached hydrogens (tertiary/aromatic N) is 2. The van der Waals surface area contributed by atoms with Crippen molar-refractivity contribution < 1.29 is 9.53 Å². The highest BCUT2D eigenvalue weighted by Crippen LogP contribution is 2.34. The van der Waals surface area contributed by atoms with Crippen LogP contribution in [0, 0.1) is 23.2 Å². The van der Waals surface area contributed by atoms with Crippen molar-refractivity contribution in [2.24, 2.45) is 11.8 Å². The van der Waals surface area contributed by atoms with Crippen molar-refractivity contribution in [2.75, 3.05) is 11.9 Å². The van der Waals surface area contributed by atoms with Gasteiger partial charge in [0.1, 0.15) is 6.07 Å². The number of hydrogen-bond donors (Lipinski definition) is 0. The average Bonchev–Trinajstić information content (AvgIpc) is 2.70. The zero-order chi connectivity index (χ0) is 14.9. The van der Waals surface area contributed by atoms with Crippen molar-refractivity contribution >= 4 is 11.6 Å². The van der Waals surface area contributed by atoms with E-state index in [9.17, 15) is 4.79 Å². The topological polar surface area (TPSA) is 53.3 Å². The predicted molar refractivity (Wildman–Crippen MR) is 77.2 cm³/mol. The standard InChI is InChI=1S/C16H20N2O2/c1-10-11(2)20-12(3)15(10)16(19)18(4)14-8-6-5-7-13(14)9-17/h5-8,10-12,15H,1-4H3. The fraction of sp³-hybridized carbons (Fsp3) is 0.500. The molecule has 1 aromatic carbocycles. The van der Waals surface area contributed by atoms with E-state index in [1.165, 1.54) is 0 Å². The number of nitriles is 1. The molecule has 1 heterocycles. The summed E-state index contributed by atoms with van der Waals surface area (Å²) in [5, 5.41) is 9.15. The van der Waals surface area contributed by atoms with E-state index in [0.717, 1.165) is 0 Å². The molecular formula is C16H20N2O2. The van der Waals surface area contributed by atoms with Crippen molar-refractivity contribution in [3.05, 3.63) is 29.8 Å². The summed E-state index contributed by atoms with van der Waals surface area (Å²) >= 11 is 0. The Kier molecular flexibility index (Phi) is 4.10. The largest absolute Gasteiger partial charge is 0.374 e. The van der Waals surface area contributed by atoms with Gasteiger partial charge < -0.3 is 9.64 Å². The minimum Gasteiger partial charge on any atom is -0.374 e. The van der Waals surface area contributed by atoms with Crippen molar-refractivity contribution in [3.8, 4) is 6.07 Å². The van der Waals surface area contributed by atoms with Gasteiger partial charge in [-0.3, -0.25) is 4.79 Å². The summed E-state index contributed by atoms with van der Waals surface area (Å²) in [6.45, 7) is 5.98. The van der Waals surface area contributed by atoms with E-state index < -0.39 is 0 Å². The third-order valence-electron chi connectivity index (χ3n) is 4.24. The van der Waals surface area contributed by atoms with Crippen LogP contribution in [0.1, 0.15) is 26.3 Å². The normalized spacial score (nSPS) is 28.9. The van der Waals surface area contributed by atoms with Crippen LogP contribution in [0.4, 0.5) is 5.69 Å². The molecule has 0 N–H and O–H groups in total. The molecule has 1 aromatic rings. The van der Waals surface area contributed by atoms with Crippen molar-refractivity contribution in [1.82, 2.24) is 0 Å². The van der Waals surface area contributed by atoms with Crippen molar-refractivity contribution in [2.45, 2.75) is 33.0 Å². The number of anilines is 1. The second-order valence-electron chi connectivity index (χ2n) is 5.46. The summed E-state index contributed by atoms with van der Waals surface area (Å²) < 4.78 is 5.74. The Labute approximate surface area is 120 Å². The number of amides is 1. The molecule has 1 aliphatic heterocycles. The summed E-state index contributed by atoms with van der Waals surface area (Å²) in [5.74, 6) is 0.0213. The lowest BCUT2D eigenvalue weighted by Crippen LogP contribution is -2.39. The third-order valence-corrected chi connectivity index (χ3v) is 4.24. The lowest BCUT2D eigenvalue weighted by molar-refractivity contribution is -0.124. The van der Waals surface area contributed by atoms with E-state index in [4.69, 9.17) is 10.00 Å². The van der Waals surface area contributed by atoms with E-state index >= 15 is 0 Å². The van der Waals surface area contributed by atoms with Gasteiger partial charge >= 0.3 is 0 Å². The highest BCUT2D eigenvalue weighted by molar-refractivity contribution is 5.96. The molecule has 4 unspecified atom stereocenters. The lowest BCUT2D eigenvalue weighted by Gasteiger charge is -2.25. The SMILES string of the molecule is CC1OC(C)C(C(=O)N(C)c2ccccc2C#N)C1C. The van der Waals surface area contributed by atoms with Gasteiger partial charge in [0.15, 0.2) is 0 Å². The second kappa shape index (κ2) is 5.64. The first-order valence-electron chi connectivity index (χ1n) is 6.89. The van der Waals surface area contributed by atoms with Crippen LogP contribution in [0.15, 0.2) is 24.3 Å². The molecule has 1 fully saturated rings. The molecule has 20 heavy (non-hydrogen) atoms. The van der Waals surface area contributed by atoms with Crippen molar-refractivity contribution in [3.63, 3.8) is 0 Å². The van der Waals surface area contributed by atoms with Crippen molar-refractivity contribution in [1.29, 1.82) is 5.26 Å². The molecule has 2 rings (SSSR count). The van der Waals surface area contributed by atoms with Gasteiger partial charge in [-0.25, -0.2) is 0 Å². The minimum absolute atomic E-state index is 0.0112. The Hall–Kier alpha value is -1.86. The molecule has 0 radical (unpaired) electrons. The molecule has 1 amide bonds. The van der Waals surface area contributed by atoms with E-state index in [1.807, 2.05) is 26.8 Å². The van der Waals surface area contributed by atoms with E-state index in [1.54, 1.807) is 30.1 Å². The molecule has 106 valence electrons. The fourth-order valence-electron chi connectivity index (χ4n) is 2.90. The lowest BCUT2D eigenvalue weighted by atomic mass is 9.88. The zero-order valence-electron chi connectivity index (χ0n) is 12.3. The minimum atomic E-state index is -0.165. The second-order valence-corrected chi connectivity index (χ2v) is 5.46. The molecule has 4 heteroatoms. The molecule has 0 saturated carbocycles. The summed E-state index contributed by atoms with van der Waals surface area (Å²) in [7, 11) is 1.72. The Bertz CT molecular complexity index is 550. The number of benzene rings is 1. The van der Waals surface area contributed by atoms with E-state index in [2.05, 4.69) is 6.07 Å². The summed E-state index contributed by atoms with van der Waals surface area (Å²) in [6, 6.07) is 9.28. The maximum Gasteiger partial charge on any atom is 0.232 e. The van der Waals surface area contributed by atoms with Gasteiger partial charge in [0.2, 0.25) is 5.91 Å². The van der Waals surface area contributed by atoms with E-state index in [0.29, 0.717) is 11.3 Å². The van der Waals surface area contributed by atoms with Gasteiger partial charge in [0, 0.05) is 7.05 Å². The Morgan fingerprint density at radius 2 is 1.90 bits per heavy atom. The number of rotatable bonds is 2. The maximum atomic E-state index is 12.7. The average molecular weight is 272 g/mol. The summed E-state index contributed by atoms with van der Waals surface area (Å²) in [6.07, 6.45) is -0.0113. The zero-order valence-corrected chi connectivity index (χ0v) is 12.3. The number of ether oxygens (including phenoxy) is 1. The van der Waals surface area contributed by atoms with Crippen LogP contribution < -0.4 is 4.90 Å². The molecule has 0 aromatic heterocycles. The predicted octanol–water partition coefficient (Wildman–Crippen LogP) is 2.58. The molecule has 0 spiro atoms. The van der Waals surface area contributed by atoms with Crippen LogP contribution in [0.3, 0.4) is 0 Å². The molecule has 0 aliphatic carbocycles. The van der Waals surface area contributed by atoms with Crippen LogP contribution >= 0.6 is 0 Å². The fourth-order valence-corrected chi connectivity index (χ4v) is 2.90. The Morgan fingerprint density at radius 3 is 2.45 bits per heavy atom. The molecule has 1 aliphatic rings. The molecule has 1 saturated heterocycles. The van der Waals surface area contributed by atoms with Gasteiger partial charge in [-0.15, -0.1) is 0 Å². The first-order valence-corrected chi connectivity index (χ1v) is 6.89. The molecule has 4 nitrogen and oxygen atoms in total. The van der Waals surface area contributed by atoms with Crippen LogP contribution in [0.5, 0.6) is 0 Å². The van der Waals surface area contributed by atoms with E-state index in [-0.39, 0.29) is 30.0 Å². The first kappa shape index (κ1) is 14.5. The highest BCUT2D eigenvalue weighted by atomic mass is 16.5. The first-order chi connectivity index (χ1) is 9.47. The quantitative estimate of drug-likeness (QED) is 0.831. The van der Waals surface area contributed by atoms with Crippen LogP contribution in [-0.2, 0) is 9.53 Å². The number of carbonyl (C=O) groups is 1. The van der Waals surface area contributed by atoms with Crippen LogP contribution in [0.25, 0.3) is 0 Å². The van der Waals surface area contributed by atoms with Crippen LogP contribution in [-0.4, -0.2) is 25.2 Å². The Balaban J connectivity index is 2.28. The van der Waals surface area contributed by atoms with Gasteiger partial charge in [-0.05, 0) is 31.9 Å². The van der Waals surface area contributed by atoms with Gasteiger partial charge in [-0.1, -0.05) is 19.1 Å². The number of carbonyl (C=O) groups excluding carboxylic acids is 1. The van der Waals surface area contributed by atoms with Gasteiger partial charge in [0.05, 0.1) is 29.4 Å². The van der Waals surface area contributed by atoms with Crippen LogP contribution in [0.2, 0.25) is 0 Å².